The number of thiophene rings is 1. The summed E-state index contributed by atoms with van der Waals surface area (Å²) in [4.78, 5) is 28.0. The topological polar surface area (TPSA) is 75.9 Å². The molecular formula is C14H21N3O3S. The van der Waals surface area contributed by atoms with Crippen LogP contribution in [0.25, 0.3) is 0 Å². The van der Waals surface area contributed by atoms with Gasteiger partial charge >= 0.3 is 0 Å². The van der Waals surface area contributed by atoms with E-state index in [1.54, 1.807) is 9.80 Å². The predicted octanol–water partition coefficient (Wildman–Crippen LogP) is 0.396. The summed E-state index contributed by atoms with van der Waals surface area (Å²) in [5.41, 5.74) is 6.50. The van der Waals surface area contributed by atoms with Gasteiger partial charge < -0.3 is 20.3 Å². The first-order valence-electron chi connectivity index (χ1n) is 6.98. The molecule has 6 nitrogen and oxygen atoms in total. The second-order valence-corrected chi connectivity index (χ2v) is 5.82. The Kier molecular flexibility index (Phi) is 5.72. The van der Waals surface area contributed by atoms with E-state index >= 15 is 0 Å². The number of carbonyl (C=O) groups is 2. The lowest BCUT2D eigenvalue weighted by molar-refractivity contribution is -0.133. The van der Waals surface area contributed by atoms with Crippen LogP contribution in [0.3, 0.4) is 0 Å². The number of amides is 2. The minimum Gasteiger partial charge on any atom is -0.383 e. The Morgan fingerprint density at radius 2 is 2.05 bits per heavy atom. The molecular weight excluding hydrogens is 290 g/mol. The molecule has 0 aliphatic carbocycles. The van der Waals surface area contributed by atoms with Crippen LogP contribution in [0.1, 0.15) is 16.8 Å². The molecule has 0 radical (unpaired) electrons. The smallest absolute Gasteiger partial charge is 0.254 e. The van der Waals surface area contributed by atoms with Crippen LogP contribution in [0, 0.1) is 0 Å². The summed E-state index contributed by atoms with van der Waals surface area (Å²) in [6.07, 6.45) is 0.765. The van der Waals surface area contributed by atoms with E-state index in [0.717, 1.165) is 12.0 Å². The number of nitrogens with two attached hydrogens (primary N) is 1. The predicted molar refractivity (Wildman–Crippen MR) is 81.3 cm³/mol. The Labute approximate surface area is 128 Å². The number of rotatable bonds is 4. The molecule has 1 aromatic heterocycles. The molecule has 116 valence electrons. The third kappa shape index (κ3) is 4.03. The molecule has 1 aliphatic heterocycles. The maximum Gasteiger partial charge on any atom is 0.254 e. The van der Waals surface area contributed by atoms with Crippen LogP contribution in [0.2, 0.25) is 0 Å². The number of nitrogens with zero attached hydrogens (tertiary/aromatic N) is 2. The number of hydrogen-bond donors (Lipinski definition) is 1. The number of carbonyl (C=O) groups excluding carboxylic acids is 2. The van der Waals surface area contributed by atoms with Crippen molar-refractivity contribution in [2.45, 2.75) is 12.5 Å². The number of ether oxygens (including phenoxy) is 1. The van der Waals surface area contributed by atoms with Gasteiger partial charge in [-0.05, 0) is 17.9 Å². The zero-order valence-corrected chi connectivity index (χ0v) is 13.0. The van der Waals surface area contributed by atoms with Gasteiger partial charge in [-0.1, -0.05) is 0 Å². The third-order valence-electron chi connectivity index (χ3n) is 3.53. The quantitative estimate of drug-likeness (QED) is 0.873. The van der Waals surface area contributed by atoms with E-state index < -0.39 is 6.04 Å². The first kappa shape index (κ1) is 15.9. The van der Waals surface area contributed by atoms with Crippen LogP contribution < -0.4 is 5.73 Å². The van der Waals surface area contributed by atoms with E-state index in [0.29, 0.717) is 26.2 Å². The molecule has 0 bridgehead atoms. The molecule has 2 heterocycles. The highest BCUT2D eigenvalue weighted by Crippen LogP contribution is 2.12. The molecule has 0 spiro atoms. The Balaban J connectivity index is 1.93. The van der Waals surface area contributed by atoms with Gasteiger partial charge in [0.2, 0.25) is 5.91 Å². The fourth-order valence-electron chi connectivity index (χ4n) is 2.40. The van der Waals surface area contributed by atoms with Crippen molar-refractivity contribution in [3.8, 4) is 0 Å². The maximum atomic E-state index is 12.3. The van der Waals surface area contributed by atoms with Crippen molar-refractivity contribution in [2.75, 3.05) is 39.9 Å². The van der Waals surface area contributed by atoms with E-state index in [9.17, 15) is 9.59 Å². The van der Waals surface area contributed by atoms with Crippen LogP contribution in [0.15, 0.2) is 16.8 Å². The van der Waals surface area contributed by atoms with E-state index in [2.05, 4.69) is 0 Å². The molecule has 2 amide bonds. The molecule has 1 fully saturated rings. The van der Waals surface area contributed by atoms with E-state index in [1.807, 2.05) is 16.8 Å². The molecule has 1 aliphatic rings. The number of methoxy groups -OCH3 is 1. The molecule has 0 aromatic carbocycles. The molecule has 1 atom stereocenters. The minimum atomic E-state index is -0.630. The van der Waals surface area contributed by atoms with Gasteiger partial charge in [0.25, 0.3) is 5.91 Å². The van der Waals surface area contributed by atoms with Gasteiger partial charge in [0.15, 0.2) is 0 Å². The Morgan fingerprint density at radius 1 is 1.33 bits per heavy atom. The average molecular weight is 311 g/mol. The third-order valence-corrected chi connectivity index (χ3v) is 4.21. The van der Waals surface area contributed by atoms with Gasteiger partial charge in [-0.2, -0.15) is 11.3 Å². The lowest BCUT2D eigenvalue weighted by atomic mass is 10.2. The lowest BCUT2D eigenvalue weighted by Gasteiger charge is -2.24. The van der Waals surface area contributed by atoms with Crippen LogP contribution in [0.4, 0.5) is 0 Å². The standard InChI is InChI=1S/C14H21N3O3S/c1-20-9-12(15)14(19)17-5-2-4-16(6-7-17)13(18)11-3-8-21-10-11/h3,8,10,12H,2,4-7,9,15H2,1H3. The molecule has 1 saturated heterocycles. The van der Waals surface area contributed by atoms with E-state index in [1.165, 1.54) is 18.4 Å². The van der Waals surface area contributed by atoms with Crippen LogP contribution in [-0.4, -0.2) is 67.6 Å². The Morgan fingerprint density at radius 3 is 2.71 bits per heavy atom. The van der Waals surface area contributed by atoms with Crippen molar-refractivity contribution in [1.29, 1.82) is 0 Å². The van der Waals surface area contributed by atoms with Crippen molar-refractivity contribution in [3.05, 3.63) is 22.4 Å². The zero-order valence-electron chi connectivity index (χ0n) is 12.2. The summed E-state index contributed by atoms with van der Waals surface area (Å²) in [5.74, 6) is -0.0755. The van der Waals surface area contributed by atoms with Gasteiger partial charge in [-0.15, -0.1) is 0 Å². The Bertz CT molecular complexity index is 478. The summed E-state index contributed by atoms with van der Waals surface area (Å²) in [7, 11) is 1.52. The highest BCUT2D eigenvalue weighted by atomic mass is 32.1. The van der Waals surface area contributed by atoms with Crippen molar-refractivity contribution in [1.82, 2.24) is 9.80 Å². The fraction of sp³-hybridized carbons (Fsp3) is 0.571. The average Bonchev–Trinajstić information content (AvgIpc) is 2.90. The molecule has 21 heavy (non-hydrogen) atoms. The normalized spacial score (nSPS) is 17.4. The SMILES string of the molecule is COCC(N)C(=O)N1CCCN(C(=O)c2ccsc2)CC1. The van der Waals surface area contributed by atoms with Crippen LogP contribution >= 0.6 is 11.3 Å². The first-order valence-corrected chi connectivity index (χ1v) is 7.92. The second-order valence-electron chi connectivity index (χ2n) is 5.04. The largest absolute Gasteiger partial charge is 0.383 e. The highest BCUT2D eigenvalue weighted by Gasteiger charge is 2.25. The van der Waals surface area contributed by atoms with Crippen molar-refractivity contribution < 1.29 is 14.3 Å². The zero-order chi connectivity index (χ0) is 15.2. The van der Waals surface area contributed by atoms with Crippen LogP contribution in [-0.2, 0) is 9.53 Å². The monoisotopic (exact) mass is 311 g/mol. The summed E-state index contributed by atoms with van der Waals surface area (Å²) in [5, 5.41) is 3.75. The van der Waals surface area contributed by atoms with Gasteiger partial charge in [-0.3, -0.25) is 9.59 Å². The summed E-state index contributed by atoms with van der Waals surface area (Å²) in [6.45, 7) is 2.57. The van der Waals surface area contributed by atoms with Crippen LogP contribution in [0.5, 0.6) is 0 Å². The lowest BCUT2D eigenvalue weighted by Crippen LogP contribution is -2.47. The molecule has 1 unspecified atom stereocenters. The van der Waals surface area contributed by atoms with Crippen molar-refractivity contribution in [3.63, 3.8) is 0 Å². The van der Waals surface area contributed by atoms with Gasteiger partial charge in [-0.25, -0.2) is 0 Å². The molecule has 2 N–H and O–H groups in total. The first-order chi connectivity index (χ1) is 10.1. The van der Waals surface area contributed by atoms with E-state index in [-0.39, 0.29) is 18.4 Å². The highest BCUT2D eigenvalue weighted by molar-refractivity contribution is 7.08. The molecule has 7 heteroatoms. The van der Waals surface area contributed by atoms with Crippen molar-refractivity contribution in [2.24, 2.45) is 5.73 Å². The summed E-state index contributed by atoms with van der Waals surface area (Å²) < 4.78 is 4.92. The number of hydrogen-bond acceptors (Lipinski definition) is 5. The van der Waals surface area contributed by atoms with Crippen molar-refractivity contribution >= 4 is 23.2 Å². The second kappa shape index (κ2) is 7.53. The summed E-state index contributed by atoms with van der Waals surface area (Å²) >= 11 is 1.51. The van der Waals surface area contributed by atoms with Gasteiger partial charge in [0.1, 0.15) is 6.04 Å². The molecule has 2 rings (SSSR count). The van der Waals surface area contributed by atoms with Gasteiger partial charge in [0, 0.05) is 38.7 Å². The van der Waals surface area contributed by atoms with Gasteiger partial charge in [0.05, 0.1) is 12.2 Å². The fourth-order valence-corrected chi connectivity index (χ4v) is 3.02. The Hall–Kier alpha value is -1.44. The molecule has 1 aromatic rings. The minimum absolute atomic E-state index is 0.0340. The van der Waals surface area contributed by atoms with E-state index in [4.69, 9.17) is 10.5 Å². The molecule has 0 saturated carbocycles. The maximum absolute atomic E-state index is 12.3. The summed E-state index contributed by atoms with van der Waals surface area (Å²) in [6, 6.07) is 1.20.